The maximum Gasteiger partial charge on any atom is 0.312 e. The second kappa shape index (κ2) is 8.00. The van der Waals surface area contributed by atoms with Gasteiger partial charge in [0.15, 0.2) is 0 Å². The van der Waals surface area contributed by atoms with E-state index >= 15 is 0 Å². The molecule has 146 valence electrons. The molecular weight excluding hydrogens is 394 g/mol. The Morgan fingerprint density at radius 3 is 2.28 bits per heavy atom. The van der Waals surface area contributed by atoms with Crippen LogP contribution in [0.1, 0.15) is 11.1 Å². The standard InChI is InChI=1S/C20H15N3O5S/c1-14-2-9-18(10-3-14)29(26,27)22-16-5-7-17(8-6-16)28-20-11-4-15(13-21)12-19(20)23(24)25/h2-12,22H,1H3. The van der Waals surface area contributed by atoms with Crippen molar-refractivity contribution < 1.29 is 18.1 Å². The van der Waals surface area contributed by atoms with Crippen LogP contribution in [0, 0.1) is 28.4 Å². The van der Waals surface area contributed by atoms with Gasteiger partial charge in [0.25, 0.3) is 10.0 Å². The van der Waals surface area contributed by atoms with Crippen LogP contribution in [0.4, 0.5) is 11.4 Å². The molecule has 0 spiro atoms. The van der Waals surface area contributed by atoms with Gasteiger partial charge in [0, 0.05) is 11.8 Å². The lowest BCUT2D eigenvalue weighted by Gasteiger charge is -2.10. The highest BCUT2D eigenvalue weighted by Gasteiger charge is 2.17. The van der Waals surface area contributed by atoms with Gasteiger partial charge in [-0.3, -0.25) is 14.8 Å². The summed E-state index contributed by atoms with van der Waals surface area (Å²) in [7, 11) is -3.74. The van der Waals surface area contributed by atoms with E-state index in [1.54, 1.807) is 12.1 Å². The Balaban J connectivity index is 1.78. The van der Waals surface area contributed by atoms with Gasteiger partial charge in [-0.05, 0) is 55.5 Å². The third kappa shape index (κ3) is 4.69. The molecule has 0 unspecified atom stereocenters. The van der Waals surface area contributed by atoms with E-state index in [1.165, 1.54) is 48.5 Å². The first-order chi connectivity index (χ1) is 13.8. The molecule has 0 bridgehead atoms. The molecule has 3 aromatic carbocycles. The number of sulfonamides is 1. The molecule has 1 N–H and O–H groups in total. The van der Waals surface area contributed by atoms with Crippen molar-refractivity contribution in [2.75, 3.05) is 4.72 Å². The summed E-state index contributed by atoms with van der Waals surface area (Å²) in [5.74, 6) is 0.248. The highest BCUT2D eigenvalue weighted by atomic mass is 32.2. The summed E-state index contributed by atoms with van der Waals surface area (Å²) in [4.78, 5) is 10.7. The van der Waals surface area contributed by atoms with Crippen molar-refractivity contribution in [3.63, 3.8) is 0 Å². The third-order valence-electron chi connectivity index (χ3n) is 3.95. The Morgan fingerprint density at radius 2 is 1.69 bits per heavy atom. The maximum atomic E-state index is 12.4. The molecule has 8 nitrogen and oxygen atoms in total. The molecule has 9 heteroatoms. The topological polar surface area (TPSA) is 122 Å². The van der Waals surface area contributed by atoms with Crippen LogP contribution in [0.25, 0.3) is 0 Å². The summed E-state index contributed by atoms with van der Waals surface area (Å²) in [5, 5.41) is 20.1. The number of nitriles is 1. The normalized spacial score (nSPS) is 10.8. The predicted octanol–water partition coefficient (Wildman–Crippen LogP) is 4.37. The van der Waals surface area contributed by atoms with E-state index in [1.807, 2.05) is 13.0 Å². The molecule has 0 aliphatic rings. The van der Waals surface area contributed by atoms with Gasteiger partial charge in [-0.15, -0.1) is 0 Å². The molecule has 0 aliphatic carbocycles. The number of aryl methyl sites for hydroxylation is 1. The molecular formula is C20H15N3O5S. The van der Waals surface area contributed by atoms with Gasteiger partial charge in [0.1, 0.15) is 5.75 Å². The number of nitro benzene ring substituents is 1. The average molecular weight is 409 g/mol. The zero-order valence-electron chi connectivity index (χ0n) is 15.2. The van der Waals surface area contributed by atoms with Crippen LogP contribution < -0.4 is 9.46 Å². The van der Waals surface area contributed by atoms with Crippen molar-refractivity contribution in [3.05, 3.63) is 88.0 Å². The van der Waals surface area contributed by atoms with E-state index in [4.69, 9.17) is 10.00 Å². The highest BCUT2D eigenvalue weighted by Crippen LogP contribution is 2.32. The highest BCUT2D eigenvalue weighted by molar-refractivity contribution is 7.92. The minimum absolute atomic E-state index is 0.0259. The molecule has 0 heterocycles. The van der Waals surface area contributed by atoms with Crippen molar-refractivity contribution in [3.8, 4) is 17.6 Å². The molecule has 0 fully saturated rings. The number of benzene rings is 3. The fourth-order valence-electron chi connectivity index (χ4n) is 2.47. The van der Waals surface area contributed by atoms with Gasteiger partial charge in [0.05, 0.1) is 21.5 Å². The number of nitrogens with zero attached hydrogens (tertiary/aromatic N) is 2. The van der Waals surface area contributed by atoms with Gasteiger partial charge >= 0.3 is 5.69 Å². The second-order valence-corrected chi connectivity index (χ2v) is 7.78. The van der Waals surface area contributed by atoms with E-state index < -0.39 is 14.9 Å². The number of nitro groups is 1. The lowest BCUT2D eigenvalue weighted by atomic mass is 10.2. The average Bonchev–Trinajstić information content (AvgIpc) is 2.69. The lowest BCUT2D eigenvalue weighted by molar-refractivity contribution is -0.385. The molecule has 29 heavy (non-hydrogen) atoms. The Morgan fingerprint density at radius 1 is 1.03 bits per heavy atom. The smallest absolute Gasteiger partial charge is 0.312 e. The Hall–Kier alpha value is -3.90. The van der Waals surface area contributed by atoms with Crippen LogP contribution in [0.5, 0.6) is 11.5 Å². The van der Waals surface area contributed by atoms with Gasteiger partial charge in [-0.25, -0.2) is 8.42 Å². The van der Waals surface area contributed by atoms with Crippen molar-refractivity contribution in [2.45, 2.75) is 11.8 Å². The van der Waals surface area contributed by atoms with Crippen molar-refractivity contribution in [2.24, 2.45) is 0 Å². The van der Waals surface area contributed by atoms with Crippen LogP contribution >= 0.6 is 0 Å². The van der Waals surface area contributed by atoms with Gasteiger partial charge in [-0.1, -0.05) is 17.7 Å². The van der Waals surface area contributed by atoms with Crippen LogP contribution in [0.15, 0.2) is 71.6 Å². The molecule has 0 aliphatic heterocycles. The molecule has 0 amide bonds. The zero-order chi connectivity index (χ0) is 21.0. The quantitative estimate of drug-likeness (QED) is 0.476. The lowest BCUT2D eigenvalue weighted by Crippen LogP contribution is -2.12. The molecule has 3 rings (SSSR count). The van der Waals surface area contributed by atoms with Crippen LogP contribution in [-0.4, -0.2) is 13.3 Å². The fourth-order valence-corrected chi connectivity index (χ4v) is 3.52. The monoisotopic (exact) mass is 409 g/mol. The first-order valence-electron chi connectivity index (χ1n) is 8.34. The van der Waals surface area contributed by atoms with Crippen LogP contribution in [-0.2, 0) is 10.0 Å². The number of ether oxygens (including phenoxy) is 1. The summed E-state index contributed by atoms with van der Waals surface area (Å²) < 4.78 is 32.8. The Kier molecular flexibility index (Phi) is 5.47. The van der Waals surface area contributed by atoms with Crippen molar-refractivity contribution >= 4 is 21.4 Å². The van der Waals surface area contributed by atoms with Crippen LogP contribution in [0.2, 0.25) is 0 Å². The summed E-state index contributed by atoms with van der Waals surface area (Å²) >= 11 is 0. The molecule has 3 aromatic rings. The van der Waals surface area contributed by atoms with Gasteiger partial charge < -0.3 is 4.74 Å². The van der Waals surface area contributed by atoms with E-state index in [2.05, 4.69) is 4.72 Å². The van der Waals surface area contributed by atoms with E-state index in [-0.39, 0.29) is 27.6 Å². The summed E-state index contributed by atoms with van der Waals surface area (Å²) in [5.41, 5.74) is 1.06. The Labute approximate surface area is 167 Å². The number of hydrogen-bond acceptors (Lipinski definition) is 6. The van der Waals surface area contributed by atoms with Crippen molar-refractivity contribution in [1.29, 1.82) is 5.26 Å². The number of hydrogen-bond donors (Lipinski definition) is 1. The number of nitrogens with one attached hydrogen (secondary N) is 1. The van der Waals surface area contributed by atoms with E-state index in [9.17, 15) is 18.5 Å². The van der Waals surface area contributed by atoms with E-state index in [0.29, 0.717) is 5.69 Å². The first-order valence-corrected chi connectivity index (χ1v) is 9.83. The van der Waals surface area contributed by atoms with Crippen molar-refractivity contribution in [1.82, 2.24) is 0 Å². The second-order valence-electron chi connectivity index (χ2n) is 6.10. The minimum atomic E-state index is -3.74. The molecule has 0 radical (unpaired) electrons. The molecule has 0 atom stereocenters. The SMILES string of the molecule is Cc1ccc(S(=O)(=O)Nc2ccc(Oc3ccc(C#N)cc3[N+](=O)[O-])cc2)cc1. The summed E-state index contributed by atoms with van der Waals surface area (Å²) in [6, 6.07) is 18.1. The van der Waals surface area contributed by atoms with E-state index in [0.717, 1.165) is 11.6 Å². The number of rotatable bonds is 6. The van der Waals surface area contributed by atoms with Gasteiger partial charge in [0.2, 0.25) is 5.75 Å². The molecule has 0 aromatic heterocycles. The first kappa shape index (κ1) is 19.9. The fraction of sp³-hybridized carbons (Fsp3) is 0.0500. The Bertz CT molecular complexity index is 1200. The van der Waals surface area contributed by atoms with Crippen LogP contribution in [0.3, 0.4) is 0 Å². The summed E-state index contributed by atoms with van der Waals surface area (Å²) in [6.45, 7) is 1.86. The summed E-state index contributed by atoms with van der Waals surface area (Å²) in [6.07, 6.45) is 0. The third-order valence-corrected chi connectivity index (χ3v) is 5.35. The largest absolute Gasteiger partial charge is 0.450 e. The maximum absolute atomic E-state index is 12.4. The van der Waals surface area contributed by atoms with Gasteiger partial charge in [-0.2, -0.15) is 5.26 Å². The minimum Gasteiger partial charge on any atom is -0.450 e. The molecule has 0 saturated heterocycles. The number of anilines is 1. The molecule has 0 saturated carbocycles. The predicted molar refractivity (Wildman–Crippen MR) is 106 cm³/mol. The zero-order valence-corrected chi connectivity index (χ0v) is 16.0.